The summed E-state index contributed by atoms with van der Waals surface area (Å²) in [4.78, 5) is 17.0. The van der Waals surface area contributed by atoms with Crippen LogP contribution in [0.25, 0.3) is 17.1 Å². The van der Waals surface area contributed by atoms with Gasteiger partial charge < -0.3 is 10.1 Å². The molecular weight excluding hydrogens is 528 g/mol. The van der Waals surface area contributed by atoms with Crippen molar-refractivity contribution < 1.29 is 22.7 Å². The van der Waals surface area contributed by atoms with Crippen molar-refractivity contribution >= 4 is 34.8 Å². The van der Waals surface area contributed by atoms with E-state index in [1.165, 1.54) is 28.9 Å². The average molecular weight is 549 g/mol. The van der Waals surface area contributed by atoms with Crippen molar-refractivity contribution in [3.05, 3.63) is 87.9 Å². The fourth-order valence-corrected chi connectivity index (χ4v) is 3.85. The van der Waals surface area contributed by atoms with Gasteiger partial charge in [-0.15, -0.1) is 5.10 Å². The molecule has 0 saturated carbocycles. The maximum absolute atomic E-state index is 13.3. The van der Waals surface area contributed by atoms with Crippen molar-refractivity contribution in [1.29, 1.82) is 0 Å². The molecule has 1 heterocycles. The third-order valence-corrected chi connectivity index (χ3v) is 5.67. The molecule has 4 rings (SSSR count). The Hall–Kier alpha value is -3.56. The van der Waals surface area contributed by atoms with Crippen LogP contribution in [0.1, 0.15) is 29.8 Å². The van der Waals surface area contributed by atoms with E-state index in [2.05, 4.69) is 15.4 Å². The first kappa shape index (κ1) is 26.5. The van der Waals surface area contributed by atoms with Crippen LogP contribution < -0.4 is 10.1 Å². The second-order valence-corrected chi connectivity index (χ2v) is 9.38. The topological polar surface area (TPSA) is 69.0 Å². The molecule has 0 aliphatic rings. The molecule has 0 spiro atoms. The largest absolute Gasteiger partial charge is 0.462 e. The molecule has 11 heteroatoms. The van der Waals surface area contributed by atoms with Gasteiger partial charge in [0.15, 0.2) is 5.82 Å². The SMILES string of the molecule is CC(C)COc1nc(-c2cccc(C(F)(F)F)c2)n(-c2ccc(NC(=O)c3ccc(Cl)cc3Cl)cc2)n1. The number of hydrogen-bond donors (Lipinski definition) is 1. The van der Waals surface area contributed by atoms with Gasteiger partial charge in [0.05, 0.1) is 28.4 Å². The zero-order chi connectivity index (χ0) is 26.7. The van der Waals surface area contributed by atoms with Gasteiger partial charge >= 0.3 is 12.2 Å². The minimum atomic E-state index is -4.51. The summed E-state index contributed by atoms with van der Waals surface area (Å²) < 4.78 is 47.0. The van der Waals surface area contributed by atoms with E-state index < -0.39 is 17.6 Å². The highest BCUT2D eigenvalue weighted by Gasteiger charge is 2.31. The molecule has 6 nitrogen and oxygen atoms in total. The van der Waals surface area contributed by atoms with Crippen LogP contribution in [0.5, 0.6) is 6.01 Å². The zero-order valence-electron chi connectivity index (χ0n) is 19.7. The first-order chi connectivity index (χ1) is 17.5. The third kappa shape index (κ3) is 6.42. The molecule has 3 aromatic carbocycles. The van der Waals surface area contributed by atoms with E-state index in [4.69, 9.17) is 27.9 Å². The van der Waals surface area contributed by atoms with Crippen LogP contribution in [0, 0.1) is 5.92 Å². The summed E-state index contributed by atoms with van der Waals surface area (Å²) in [5, 5.41) is 7.73. The molecule has 1 N–H and O–H groups in total. The van der Waals surface area contributed by atoms with E-state index in [-0.39, 0.29) is 33.9 Å². The predicted molar refractivity (Wildman–Crippen MR) is 137 cm³/mol. The molecule has 1 amide bonds. The van der Waals surface area contributed by atoms with Gasteiger partial charge in [0.1, 0.15) is 0 Å². The van der Waals surface area contributed by atoms with Crippen molar-refractivity contribution in [2.45, 2.75) is 20.0 Å². The van der Waals surface area contributed by atoms with Gasteiger partial charge in [-0.05, 0) is 60.5 Å². The molecule has 4 aromatic rings. The summed E-state index contributed by atoms with van der Waals surface area (Å²) in [6.07, 6.45) is -4.51. The van der Waals surface area contributed by atoms with Gasteiger partial charge in [-0.25, -0.2) is 4.68 Å². The van der Waals surface area contributed by atoms with E-state index in [1.54, 1.807) is 30.3 Å². The molecule has 37 heavy (non-hydrogen) atoms. The molecular formula is C26H21Cl2F3N4O2. The number of anilines is 1. The molecule has 0 radical (unpaired) electrons. The number of nitrogens with one attached hydrogen (secondary N) is 1. The third-order valence-electron chi connectivity index (χ3n) is 5.13. The lowest BCUT2D eigenvalue weighted by molar-refractivity contribution is -0.137. The number of alkyl halides is 3. The number of hydrogen-bond acceptors (Lipinski definition) is 4. The van der Waals surface area contributed by atoms with Crippen LogP contribution >= 0.6 is 23.2 Å². The number of benzene rings is 3. The van der Waals surface area contributed by atoms with Crippen LogP contribution in [0.2, 0.25) is 10.0 Å². The Morgan fingerprint density at radius 3 is 2.43 bits per heavy atom. The number of ether oxygens (including phenoxy) is 1. The van der Waals surface area contributed by atoms with Gasteiger partial charge in [0.25, 0.3) is 5.91 Å². The molecule has 0 unspecified atom stereocenters. The number of amides is 1. The molecule has 1 aromatic heterocycles. The number of aromatic nitrogens is 3. The average Bonchev–Trinajstić information content (AvgIpc) is 3.27. The smallest absolute Gasteiger partial charge is 0.416 e. The predicted octanol–water partition coefficient (Wildman–Crippen LogP) is 7.55. The first-order valence-corrected chi connectivity index (χ1v) is 11.9. The number of nitrogens with zero attached hydrogens (tertiary/aromatic N) is 3. The van der Waals surface area contributed by atoms with Crippen molar-refractivity contribution in [2.75, 3.05) is 11.9 Å². The second kappa shape index (κ2) is 10.8. The maximum Gasteiger partial charge on any atom is 0.416 e. The summed E-state index contributed by atoms with van der Waals surface area (Å²) in [7, 11) is 0. The van der Waals surface area contributed by atoms with Gasteiger partial charge in [-0.1, -0.05) is 49.2 Å². The molecule has 0 fully saturated rings. The van der Waals surface area contributed by atoms with E-state index >= 15 is 0 Å². The lowest BCUT2D eigenvalue weighted by atomic mass is 10.1. The lowest BCUT2D eigenvalue weighted by Crippen LogP contribution is -2.12. The summed E-state index contributed by atoms with van der Waals surface area (Å²) in [6.45, 7) is 4.24. The highest BCUT2D eigenvalue weighted by molar-refractivity contribution is 6.37. The summed E-state index contributed by atoms with van der Waals surface area (Å²) in [5.41, 5.74) is 0.642. The lowest BCUT2D eigenvalue weighted by Gasteiger charge is -2.11. The quantitative estimate of drug-likeness (QED) is 0.259. The molecule has 0 saturated heterocycles. The van der Waals surface area contributed by atoms with Crippen LogP contribution in [0.3, 0.4) is 0 Å². The number of rotatable bonds is 7. The van der Waals surface area contributed by atoms with Crippen LogP contribution in [-0.4, -0.2) is 27.3 Å². The van der Waals surface area contributed by atoms with Gasteiger partial charge in [-0.2, -0.15) is 18.2 Å². The monoisotopic (exact) mass is 548 g/mol. The van der Waals surface area contributed by atoms with Gasteiger partial charge in [0.2, 0.25) is 0 Å². The molecule has 0 aliphatic heterocycles. The van der Waals surface area contributed by atoms with E-state index in [9.17, 15) is 18.0 Å². The number of carbonyl (C=O) groups excluding carboxylic acids is 1. The summed E-state index contributed by atoms with van der Waals surface area (Å²) in [5.74, 6) is -0.0558. The van der Waals surface area contributed by atoms with Crippen molar-refractivity contribution in [2.24, 2.45) is 5.92 Å². The van der Waals surface area contributed by atoms with Crippen LogP contribution in [-0.2, 0) is 6.18 Å². The van der Waals surface area contributed by atoms with E-state index in [1.807, 2.05) is 13.8 Å². The van der Waals surface area contributed by atoms with Gasteiger partial charge in [0, 0.05) is 16.3 Å². The standard InChI is InChI=1S/C26H21Cl2F3N4O2/c1-15(2)14-37-25-33-23(16-4-3-5-17(12-16)26(29,30)31)35(34-25)20-9-7-19(8-10-20)32-24(36)21-11-6-18(27)13-22(21)28/h3-13,15H,14H2,1-2H3,(H,32,36). The minimum absolute atomic E-state index is 0.0378. The summed E-state index contributed by atoms with van der Waals surface area (Å²) in [6, 6.07) is 16.0. The zero-order valence-corrected chi connectivity index (χ0v) is 21.2. The Labute approximate surface area is 221 Å². The van der Waals surface area contributed by atoms with Gasteiger partial charge in [-0.3, -0.25) is 4.79 Å². The van der Waals surface area contributed by atoms with Crippen LogP contribution in [0.4, 0.5) is 18.9 Å². The summed E-state index contributed by atoms with van der Waals surface area (Å²) >= 11 is 12.0. The highest BCUT2D eigenvalue weighted by Crippen LogP contribution is 2.33. The van der Waals surface area contributed by atoms with Crippen molar-refractivity contribution in [1.82, 2.24) is 14.8 Å². The first-order valence-electron chi connectivity index (χ1n) is 11.2. The Morgan fingerprint density at radius 1 is 1.05 bits per heavy atom. The van der Waals surface area contributed by atoms with Crippen LogP contribution in [0.15, 0.2) is 66.7 Å². The highest BCUT2D eigenvalue weighted by atomic mass is 35.5. The maximum atomic E-state index is 13.3. The van der Waals surface area contributed by atoms with Crippen molar-refractivity contribution in [3.8, 4) is 23.1 Å². The second-order valence-electron chi connectivity index (χ2n) is 8.54. The fourth-order valence-electron chi connectivity index (χ4n) is 3.36. The Balaban J connectivity index is 1.65. The number of carbonyl (C=O) groups is 1. The Morgan fingerprint density at radius 2 is 1.78 bits per heavy atom. The minimum Gasteiger partial charge on any atom is -0.462 e. The van der Waals surface area contributed by atoms with E-state index in [0.29, 0.717) is 23.0 Å². The molecule has 192 valence electrons. The Bertz CT molecular complexity index is 1420. The molecule has 0 atom stereocenters. The Kier molecular flexibility index (Phi) is 7.75. The van der Waals surface area contributed by atoms with E-state index in [0.717, 1.165) is 12.1 Å². The normalized spacial score (nSPS) is 11.6. The molecule has 0 aliphatic carbocycles. The fraction of sp³-hybridized carbons (Fsp3) is 0.192. The molecule has 0 bridgehead atoms. The van der Waals surface area contributed by atoms with Crippen molar-refractivity contribution in [3.63, 3.8) is 0 Å². The number of halogens is 5.